The molecule has 3 N–H and O–H groups in total. The Hall–Kier alpha value is -1.69. The van der Waals surface area contributed by atoms with E-state index in [4.69, 9.17) is 5.11 Å². The highest BCUT2D eigenvalue weighted by Crippen LogP contribution is 2.30. The summed E-state index contributed by atoms with van der Waals surface area (Å²) in [6, 6.07) is 1.61. The lowest BCUT2D eigenvalue weighted by molar-refractivity contribution is 0.0695. The van der Waals surface area contributed by atoms with Gasteiger partial charge in [-0.05, 0) is 36.8 Å². The maximum atomic E-state index is 13.8. The molecule has 1 aliphatic carbocycles. The van der Waals surface area contributed by atoms with Crippen molar-refractivity contribution in [1.82, 2.24) is 0 Å². The van der Waals surface area contributed by atoms with Gasteiger partial charge in [-0.25, -0.2) is 13.6 Å². The van der Waals surface area contributed by atoms with E-state index in [1.165, 1.54) is 0 Å². The maximum absolute atomic E-state index is 13.8. The summed E-state index contributed by atoms with van der Waals surface area (Å²) in [6.07, 6.45) is 3.95. The molecule has 1 aromatic rings. The molecule has 0 radical (unpaired) electrons. The van der Waals surface area contributed by atoms with Crippen molar-refractivity contribution in [2.24, 2.45) is 11.8 Å². The summed E-state index contributed by atoms with van der Waals surface area (Å²) >= 11 is 0. The van der Waals surface area contributed by atoms with E-state index in [1.54, 1.807) is 0 Å². The van der Waals surface area contributed by atoms with Gasteiger partial charge in [-0.3, -0.25) is 0 Å². The normalized spacial score (nSPS) is 22.0. The number of nitrogens with one attached hydrogen (secondary N) is 1. The van der Waals surface area contributed by atoms with Crippen LogP contribution in [0.1, 0.15) is 36.0 Å². The molecule has 6 heteroatoms. The number of halogens is 2. The van der Waals surface area contributed by atoms with Crippen molar-refractivity contribution in [2.45, 2.75) is 25.7 Å². The van der Waals surface area contributed by atoms with Crippen LogP contribution in [0.3, 0.4) is 0 Å². The maximum Gasteiger partial charge on any atom is 0.335 e. The topological polar surface area (TPSA) is 69.6 Å². The van der Waals surface area contributed by atoms with E-state index in [1.807, 2.05) is 0 Å². The summed E-state index contributed by atoms with van der Waals surface area (Å²) in [6.45, 7) is 0.445. The molecule has 0 bridgehead atoms. The van der Waals surface area contributed by atoms with Crippen molar-refractivity contribution in [3.8, 4) is 0 Å². The summed E-state index contributed by atoms with van der Waals surface area (Å²) in [5, 5.41) is 20.8. The molecular formula is C15H19F2NO3. The van der Waals surface area contributed by atoms with E-state index in [0.717, 1.165) is 37.8 Å². The molecule has 1 aliphatic rings. The van der Waals surface area contributed by atoms with Crippen molar-refractivity contribution in [3.63, 3.8) is 0 Å². The first-order chi connectivity index (χ1) is 10.0. The molecule has 0 aliphatic heterocycles. The fourth-order valence-corrected chi connectivity index (χ4v) is 2.89. The lowest BCUT2D eigenvalue weighted by atomic mass is 9.79. The highest BCUT2D eigenvalue weighted by molar-refractivity contribution is 5.88. The lowest BCUT2D eigenvalue weighted by Gasteiger charge is -2.30. The first-order valence-electron chi connectivity index (χ1n) is 7.10. The Morgan fingerprint density at radius 3 is 2.29 bits per heavy atom. The van der Waals surface area contributed by atoms with Crippen LogP contribution in [-0.4, -0.2) is 29.3 Å². The quantitative estimate of drug-likeness (QED) is 0.782. The number of benzene rings is 1. The third-order valence-electron chi connectivity index (χ3n) is 4.13. The molecule has 21 heavy (non-hydrogen) atoms. The number of hydrogen-bond acceptors (Lipinski definition) is 3. The number of aromatic carboxylic acids is 1. The zero-order valence-corrected chi connectivity index (χ0v) is 11.6. The monoisotopic (exact) mass is 299 g/mol. The molecule has 2 atom stereocenters. The average Bonchev–Trinajstić information content (AvgIpc) is 2.46. The van der Waals surface area contributed by atoms with Gasteiger partial charge in [0.05, 0.1) is 5.56 Å². The Balaban J connectivity index is 2.07. The first-order valence-corrected chi connectivity index (χ1v) is 7.10. The standard InChI is InChI=1S/C15H19F2NO3/c16-12-5-11(15(20)21)6-13(17)14(12)18-7-9-3-1-2-4-10(9)8-19/h5-6,9-10,18-19H,1-4,7-8H2,(H,20,21). The molecule has 1 aromatic carbocycles. The molecule has 2 rings (SSSR count). The van der Waals surface area contributed by atoms with Crippen molar-refractivity contribution >= 4 is 11.7 Å². The van der Waals surface area contributed by atoms with E-state index in [0.29, 0.717) is 6.54 Å². The third-order valence-corrected chi connectivity index (χ3v) is 4.13. The molecule has 0 aromatic heterocycles. The second-order valence-corrected chi connectivity index (χ2v) is 5.49. The average molecular weight is 299 g/mol. The van der Waals surface area contributed by atoms with Crippen LogP contribution < -0.4 is 5.32 Å². The molecular weight excluding hydrogens is 280 g/mol. The molecule has 0 saturated heterocycles. The van der Waals surface area contributed by atoms with Crippen molar-refractivity contribution in [3.05, 3.63) is 29.3 Å². The number of rotatable bonds is 5. The van der Waals surface area contributed by atoms with Gasteiger partial charge in [-0.15, -0.1) is 0 Å². The lowest BCUT2D eigenvalue weighted by Crippen LogP contribution is -2.29. The largest absolute Gasteiger partial charge is 0.478 e. The van der Waals surface area contributed by atoms with Crippen molar-refractivity contribution < 1.29 is 23.8 Å². The minimum Gasteiger partial charge on any atom is -0.478 e. The van der Waals surface area contributed by atoms with Gasteiger partial charge in [0.1, 0.15) is 17.3 Å². The Labute approximate surface area is 121 Å². The van der Waals surface area contributed by atoms with E-state index >= 15 is 0 Å². The molecule has 1 fully saturated rings. The van der Waals surface area contributed by atoms with Gasteiger partial charge in [0, 0.05) is 13.2 Å². The third kappa shape index (κ3) is 3.69. The molecule has 1 saturated carbocycles. The number of carboxylic acids is 1. The van der Waals surface area contributed by atoms with Crippen LogP contribution in [-0.2, 0) is 0 Å². The minimum absolute atomic E-state index is 0.0786. The van der Waals surface area contributed by atoms with Gasteiger partial charge in [0.2, 0.25) is 0 Å². The second kappa shape index (κ2) is 6.85. The van der Waals surface area contributed by atoms with E-state index < -0.39 is 23.2 Å². The minimum atomic E-state index is -1.37. The van der Waals surface area contributed by atoms with Crippen LogP contribution in [0.2, 0.25) is 0 Å². The number of aliphatic hydroxyl groups is 1. The van der Waals surface area contributed by atoms with Crippen LogP contribution in [0.25, 0.3) is 0 Å². The second-order valence-electron chi connectivity index (χ2n) is 5.49. The molecule has 0 heterocycles. The van der Waals surface area contributed by atoms with Gasteiger partial charge >= 0.3 is 5.97 Å². The van der Waals surface area contributed by atoms with Crippen molar-refractivity contribution in [2.75, 3.05) is 18.5 Å². The summed E-state index contributed by atoms with van der Waals surface area (Å²) in [5.41, 5.74) is -0.719. The number of anilines is 1. The van der Waals surface area contributed by atoms with E-state index in [9.17, 15) is 18.7 Å². The number of aliphatic hydroxyl groups excluding tert-OH is 1. The first kappa shape index (κ1) is 15.7. The molecule has 4 nitrogen and oxygen atoms in total. The van der Waals surface area contributed by atoms with Gasteiger partial charge in [0.25, 0.3) is 0 Å². The Bertz CT molecular complexity index is 499. The summed E-state index contributed by atoms with van der Waals surface area (Å²) in [5.74, 6) is -2.88. The zero-order valence-electron chi connectivity index (χ0n) is 11.6. The predicted molar refractivity (Wildman–Crippen MR) is 74.3 cm³/mol. The number of carboxylic acid groups (broad SMARTS) is 1. The Morgan fingerprint density at radius 1 is 1.19 bits per heavy atom. The highest BCUT2D eigenvalue weighted by atomic mass is 19.1. The number of carbonyl (C=O) groups is 1. The van der Waals surface area contributed by atoms with Gasteiger partial charge in [0.15, 0.2) is 0 Å². The summed E-state index contributed by atoms with van der Waals surface area (Å²) in [7, 11) is 0. The molecule has 116 valence electrons. The van der Waals surface area contributed by atoms with Crippen LogP contribution in [0.4, 0.5) is 14.5 Å². The predicted octanol–water partition coefficient (Wildman–Crippen LogP) is 2.87. The zero-order chi connectivity index (χ0) is 15.4. The van der Waals surface area contributed by atoms with Crippen LogP contribution in [0, 0.1) is 23.5 Å². The smallest absolute Gasteiger partial charge is 0.335 e. The van der Waals surface area contributed by atoms with Crippen molar-refractivity contribution in [1.29, 1.82) is 0 Å². The Morgan fingerprint density at radius 2 is 1.76 bits per heavy atom. The fourth-order valence-electron chi connectivity index (χ4n) is 2.89. The van der Waals surface area contributed by atoms with Gasteiger partial charge < -0.3 is 15.5 Å². The van der Waals surface area contributed by atoms with E-state index in [-0.39, 0.29) is 24.1 Å². The summed E-state index contributed by atoms with van der Waals surface area (Å²) < 4.78 is 27.6. The SMILES string of the molecule is O=C(O)c1cc(F)c(NCC2CCCCC2CO)c(F)c1. The van der Waals surface area contributed by atoms with E-state index in [2.05, 4.69) is 5.32 Å². The Kier molecular flexibility index (Phi) is 5.12. The summed E-state index contributed by atoms with van der Waals surface area (Å²) in [4.78, 5) is 10.7. The number of hydrogen-bond donors (Lipinski definition) is 3. The van der Waals surface area contributed by atoms with Gasteiger partial charge in [-0.2, -0.15) is 0 Å². The van der Waals surface area contributed by atoms with Crippen LogP contribution in [0.15, 0.2) is 12.1 Å². The van der Waals surface area contributed by atoms with Crippen LogP contribution >= 0.6 is 0 Å². The molecule has 0 spiro atoms. The van der Waals surface area contributed by atoms with Crippen LogP contribution in [0.5, 0.6) is 0 Å². The van der Waals surface area contributed by atoms with Gasteiger partial charge in [-0.1, -0.05) is 12.8 Å². The molecule has 0 amide bonds. The fraction of sp³-hybridized carbons (Fsp3) is 0.533. The molecule has 2 unspecified atom stereocenters. The highest BCUT2D eigenvalue weighted by Gasteiger charge is 2.25.